The summed E-state index contributed by atoms with van der Waals surface area (Å²) in [5, 5.41) is 0. The maximum absolute atomic E-state index is 12.5. The molecule has 3 aliphatic rings. The molecule has 0 aromatic heterocycles. The van der Waals surface area contributed by atoms with Crippen LogP contribution in [0.15, 0.2) is 30.3 Å². The van der Waals surface area contributed by atoms with E-state index in [1.54, 1.807) is 9.80 Å². The first-order chi connectivity index (χ1) is 11.2. The first-order valence-corrected chi connectivity index (χ1v) is 8.58. The van der Waals surface area contributed by atoms with Crippen LogP contribution in [0, 0.1) is 5.92 Å². The zero-order valence-corrected chi connectivity index (χ0v) is 13.4. The van der Waals surface area contributed by atoms with Gasteiger partial charge in [-0.25, -0.2) is 0 Å². The molecule has 0 unspecified atom stereocenters. The third-order valence-corrected chi connectivity index (χ3v) is 5.50. The highest BCUT2D eigenvalue weighted by atomic mass is 16.2. The van der Waals surface area contributed by atoms with Crippen molar-refractivity contribution >= 4 is 17.5 Å². The molecule has 2 saturated heterocycles. The molecule has 2 atom stereocenters. The predicted octanol–water partition coefficient (Wildman–Crippen LogP) is 1.35. The molecule has 2 bridgehead atoms. The lowest BCUT2D eigenvalue weighted by molar-refractivity contribution is -0.138. The maximum atomic E-state index is 12.5. The zero-order valence-electron chi connectivity index (χ0n) is 13.4. The maximum Gasteiger partial charge on any atom is 0.246 e. The topological polar surface area (TPSA) is 43.9 Å². The molecule has 0 radical (unpaired) electrons. The first kappa shape index (κ1) is 14.7. The van der Waals surface area contributed by atoms with E-state index in [2.05, 4.69) is 4.90 Å². The normalized spacial score (nSPS) is 27.7. The molecule has 23 heavy (non-hydrogen) atoms. The number of hydrogen-bond donors (Lipinski definition) is 0. The van der Waals surface area contributed by atoms with Crippen LogP contribution >= 0.6 is 0 Å². The molecule has 5 nitrogen and oxygen atoms in total. The van der Waals surface area contributed by atoms with Crippen molar-refractivity contribution in [3.8, 4) is 0 Å². The summed E-state index contributed by atoms with van der Waals surface area (Å²) in [4.78, 5) is 30.8. The summed E-state index contributed by atoms with van der Waals surface area (Å²) in [6, 6.07) is 10.3. The molecule has 2 heterocycles. The standard InChI is InChI=1S/C18H23N3O2/c22-17(12-20-11-14-6-7-16(20)10-14)19-8-9-21(18(23)13-19)15-4-2-1-3-5-15/h1-5,14,16H,6-13H2/t14-,16+/m1/s1. The highest BCUT2D eigenvalue weighted by molar-refractivity contribution is 5.98. The number of hydrogen-bond acceptors (Lipinski definition) is 3. The Balaban J connectivity index is 1.35. The largest absolute Gasteiger partial charge is 0.330 e. The van der Waals surface area contributed by atoms with Gasteiger partial charge in [0.05, 0.1) is 6.54 Å². The van der Waals surface area contributed by atoms with E-state index in [-0.39, 0.29) is 18.4 Å². The molecule has 2 amide bonds. The molecular formula is C18H23N3O2. The number of para-hydroxylation sites is 1. The fourth-order valence-electron chi connectivity index (χ4n) is 4.26. The predicted molar refractivity (Wildman–Crippen MR) is 88.1 cm³/mol. The summed E-state index contributed by atoms with van der Waals surface area (Å²) in [6.07, 6.45) is 3.82. The molecular weight excluding hydrogens is 290 g/mol. The molecule has 1 aromatic carbocycles. The Morgan fingerprint density at radius 3 is 2.61 bits per heavy atom. The Bertz CT molecular complexity index is 604. The Labute approximate surface area is 136 Å². The Morgan fingerprint density at radius 2 is 1.96 bits per heavy atom. The number of carbonyl (C=O) groups excluding carboxylic acids is 2. The molecule has 3 fully saturated rings. The summed E-state index contributed by atoms with van der Waals surface area (Å²) < 4.78 is 0. The van der Waals surface area contributed by atoms with Crippen LogP contribution in [0.1, 0.15) is 19.3 Å². The second kappa shape index (κ2) is 5.96. The smallest absolute Gasteiger partial charge is 0.246 e. The van der Waals surface area contributed by atoms with Gasteiger partial charge in [0, 0.05) is 31.4 Å². The van der Waals surface area contributed by atoms with Gasteiger partial charge >= 0.3 is 0 Å². The number of rotatable bonds is 3. The van der Waals surface area contributed by atoms with Gasteiger partial charge in [-0.05, 0) is 37.3 Å². The van der Waals surface area contributed by atoms with Gasteiger partial charge in [0.2, 0.25) is 11.8 Å². The van der Waals surface area contributed by atoms with Crippen LogP contribution in [-0.4, -0.2) is 60.4 Å². The SMILES string of the molecule is O=C(CN1C[C@@H]2CC[C@H]1C2)N1CCN(c2ccccc2)C(=O)C1. The molecule has 1 aromatic rings. The molecule has 0 N–H and O–H groups in total. The molecule has 1 aliphatic carbocycles. The number of fused-ring (bicyclic) bond motifs is 2. The second-order valence-electron chi connectivity index (χ2n) is 6.96. The van der Waals surface area contributed by atoms with Crippen LogP contribution in [0.5, 0.6) is 0 Å². The average Bonchev–Trinajstić information content (AvgIpc) is 3.18. The van der Waals surface area contributed by atoms with Gasteiger partial charge in [-0.1, -0.05) is 18.2 Å². The van der Waals surface area contributed by atoms with E-state index in [1.165, 1.54) is 19.3 Å². The highest BCUT2D eigenvalue weighted by Crippen LogP contribution is 2.37. The monoisotopic (exact) mass is 313 g/mol. The van der Waals surface area contributed by atoms with Gasteiger partial charge in [-0.15, -0.1) is 0 Å². The third kappa shape index (κ3) is 2.85. The number of amides is 2. The molecule has 5 heteroatoms. The minimum atomic E-state index is 0.0127. The number of benzene rings is 1. The molecule has 4 rings (SSSR count). The summed E-state index contributed by atoms with van der Waals surface area (Å²) in [6.45, 7) is 2.96. The van der Waals surface area contributed by atoms with Gasteiger partial charge in [-0.3, -0.25) is 14.5 Å². The zero-order chi connectivity index (χ0) is 15.8. The van der Waals surface area contributed by atoms with Crippen molar-refractivity contribution in [2.24, 2.45) is 5.92 Å². The molecule has 0 spiro atoms. The van der Waals surface area contributed by atoms with Crippen molar-refractivity contribution in [2.75, 3.05) is 37.6 Å². The minimum Gasteiger partial charge on any atom is -0.330 e. The van der Waals surface area contributed by atoms with Crippen molar-refractivity contribution < 1.29 is 9.59 Å². The highest BCUT2D eigenvalue weighted by Gasteiger charge is 2.39. The number of likely N-dealkylation sites (tertiary alicyclic amines) is 1. The second-order valence-corrected chi connectivity index (χ2v) is 6.96. The molecule has 2 aliphatic heterocycles. The first-order valence-electron chi connectivity index (χ1n) is 8.58. The minimum absolute atomic E-state index is 0.0127. The van der Waals surface area contributed by atoms with E-state index in [9.17, 15) is 9.59 Å². The van der Waals surface area contributed by atoms with Crippen molar-refractivity contribution in [1.82, 2.24) is 9.80 Å². The fraction of sp³-hybridized carbons (Fsp3) is 0.556. The van der Waals surface area contributed by atoms with Crippen molar-refractivity contribution in [3.05, 3.63) is 30.3 Å². The summed E-state index contributed by atoms with van der Waals surface area (Å²) in [7, 11) is 0. The third-order valence-electron chi connectivity index (χ3n) is 5.50. The van der Waals surface area contributed by atoms with E-state index in [0.717, 1.165) is 18.2 Å². The van der Waals surface area contributed by atoms with E-state index in [1.807, 2.05) is 30.3 Å². The number of anilines is 1. The van der Waals surface area contributed by atoms with E-state index >= 15 is 0 Å². The number of carbonyl (C=O) groups is 2. The van der Waals surface area contributed by atoms with Gasteiger partial charge in [0.1, 0.15) is 6.54 Å². The lowest BCUT2D eigenvalue weighted by Crippen LogP contribution is -2.54. The Kier molecular flexibility index (Phi) is 3.81. The Hall–Kier alpha value is -1.88. The van der Waals surface area contributed by atoms with Gasteiger partial charge in [-0.2, -0.15) is 0 Å². The molecule has 1 saturated carbocycles. The molecule has 122 valence electrons. The fourth-order valence-corrected chi connectivity index (χ4v) is 4.26. The number of nitrogens with zero attached hydrogens (tertiary/aromatic N) is 3. The van der Waals surface area contributed by atoms with Crippen LogP contribution in [0.3, 0.4) is 0 Å². The van der Waals surface area contributed by atoms with Crippen molar-refractivity contribution in [3.63, 3.8) is 0 Å². The Morgan fingerprint density at radius 1 is 1.13 bits per heavy atom. The van der Waals surface area contributed by atoms with Gasteiger partial charge < -0.3 is 9.80 Å². The van der Waals surface area contributed by atoms with E-state index in [0.29, 0.717) is 25.7 Å². The van der Waals surface area contributed by atoms with Crippen molar-refractivity contribution in [1.29, 1.82) is 0 Å². The quantitative estimate of drug-likeness (QED) is 0.846. The van der Waals surface area contributed by atoms with Crippen LogP contribution < -0.4 is 4.90 Å². The van der Waals surface area contributed by atoms with Crippen LogP contribution in [0.2, 0.25) is 0 Å². The van der Waals surface area contributed by atoms with Crippen molar-refractivity contribution in [2.45, 2.75) is 25.3 Å². The lowest BCUT2D eigenvalue weighted by Gasteiger charge is -2.36. The summed E-state index contributed by atoms with van der Waals surface area (Å²) in [5.41, 5.74) is 0.918. The van der Waals surface area contributed by atoms with Gasteiger partial charge in [0.25, 0.3) is 0 Å². The van der Waals surface area contributed by atoms with Crippen LogP contribution in [-0.2, 0) is 9.59 Å². The number of piperidine rings is 1. The van der Waals surface area contributed by atoms with E-state index < -0.39 is 0 Å². The van der Waals surface area contributed by atoms with E-state index in [4.69, 9.17) is 0 Å². The summed E-state index contributed by atoms with van der Waals surface area (Å²) in [5.74, 6) is 0.918. The lowest BCUT2D eigenvalue weighted by atomic mass is 10.1. The summed E-state index contributed by atoms with van der Waals surface area (Å²) >= 11 is 0. The number of piperazine rings is 1. The average molecular weight is 313 g/mol. The van der Waals surface area contributed by atoms with Crippen LogP contribution in [0.4, 0.5) is 5.69 Å². The van der Waals surface area contributed by atoms with Gasteiger partial charge in [0.15, 0.2) is 0 Å². The van der Waals surface area contributed by atoms with Crippen LogP contribution in [0.25, 0.3) is 0 Å².